The van der Waals surface area contributed by atoms with Crippen molar-refractivity contribution in [2.24, 2.45) is 0 Å². The molecular weight excluding hydrogens is 326 g/mol. The fourth-order valence-electron chi connectivity index (χ4n) is 2.59. The number of rotatable bonds is 9. The zero-order chi connectivity index (χ0) is 18.4. The maximum Gasteiger partial charge on any atom is 0.332 e. The lowest BCUT2D eigenvalue weighted by atomic mass is 10.0. The summed E-state index contributed by atoms with van der Waals surface area (Å²) in [6.45, 7) is 6.12. The van der Waals surface area contributed by atoms with Crippen molar-refractivity contribution >= 4 is 17.8 Å². The molecule has 1 heterocycles. The minimum absolute atomic E-state index is 0.0268. The molecule has 0 bridgehead atoms. The SMILES string of the molecule is CCOCCOC(=O)COCC(C)(C)N1C(=O)c2ccccc2C1=O. The number of benzene rings is 1. The minimum atomic E-state index is -0.890. The van der Waals surface area contributed by atoms with Crippen molar-refractivity contribution in [1.29, 1.82) is 0 Å². The standard InChI is InChI=1S/C18H23NO6/c1-4-23-9-10-25-15(20)11-24-12-18(2,3)19-16(21)13-7-5-6-8-14(13)17(19)22/h5-8H,4,9-12H2,1-3H3. The molecule has 1 aliphatic rings. The molecule has 1 aromatic carbocycles. The average molecular weight is 349 g/mol. The maximum atomic E-state index is 12.5. The Kier molecular flexibility index (Phi) is 6.27. The fraction of sp³-hybridized carbons (Fsp3) is 0.500. The molecule has 1 aromatic rings. The van der Waals surface area contributed by atoms with Crippen LogP contribution in [0.2, 0.25) is 0 Å². The molecule has 0 saturated heterocycles. The van der Waals surface area contributed by atoms with Gasteiger partial charge >= 0.3 is 5.97 Å². The normalized spacial score (nSPS) is 14.0. The van der Waals surface area contributed by atoms with Crippen LogP contribution in [0.4, 0.5) is 0 Å². The topological polar surface area (TPSA) is 82.1 Å². The number of carbonyl (C=O) groups excluding carboxylic acids is 3. The van der Waals surface area contributed by atoms with Gasteiger partial charge in [0, 0.05) is 6.61 Å². The van der Waals surface area contributed by atoms with E-state index in [0.29, 0.717) is 24.3 Å². The van der Waals surface area contributed by atoms with Crippen molar-refractivity contribution in [3.8, 4) is 0 Å². The van der Waals surface area contributed by atoms with Crippen molar-refractivity contribution in [2.75, 3.05) is 33.0 Å². The number of amides is 2. The Labute approximate surface area is 146 Å². The second kappa shape index (κ2) is 8.22. The highest BCUT2D eigenvalue weighted by Crippen LogP contribution is 2.29. The van der Waals surface area contributed by atoms with Gasteiger partial charge in [0.2, 0.25) is 0 Å². The highest BCUT2D eigenvalue weighted by molar-refractivity contribution is 6.21. The molecule has 0 N–H and O–H groups in total. The van der Waals surface area contributed by atoms with Gasteiger partial charge < -0.3 is 14.2 Å². The van der Waals surface area contributed by atoms with E-state index in [0.717, 1.165) is 0 Å². The zero-order valence-electron chi connectivity index (χ0n) is 14.7. The monoisotopic (exact) mass is 349 g/mol. The Morgan fingerprint density at radius 1 is 1.04 bits per heavy atom. The summed E-state index contributed by atoms with van der Waals surface area (Å²) in [4.78, 5) is 37.7. The van der Waals surface area contributed by atoms with Crippen LogP contribution in [-0.4, -0.2) is 61.3 Å². The van der Waals surface area contributed by atoms with Crippen molar-refractivity contribution in [2.45, 2.75) is 26.3 Å². The Balaban J connectivity index is 1.87. The molecule has 0 spiro atoms. The number of nitrogens with zero attached hydrogens (tertiary/aromatic N) is 1. The third kappa shape index (κ3) is 4.43. The van der Waals surface area contributed by atoms with Gasteiger partial charge in [0.15, 0.2) is 0 Å². The lowest BCUT2D eigenvalue weighted by molar-refractivity contribution is -0.151. The Bertz CT molecular complexity index is 620. The van der Waals surface area contributed by atoms with Crippen LogP contribution in [0.5, 0.6) is 0 Å². The summed E-state index contributed by atoms with van der Waals surface area (Å²) in [5, 5.41) is 0. The second-order valence-corrected chi connectivity index (χ2v) is 6.21. The van der Waals surface area contributed by atoms with Gasteiger partial charge in [-0.25, -0.2) is 4.79 Å². The van der Waals surface area contributed by atoms with E-state index in [-0.39, 0.29) is 31.6 Å². The van der Waals surface area contributed by atoms with Crippen molar-refractivity contribution < 1.29 is 28.6 Å². The van der Waals surface area contributed by atoms with Gasteiger partial charge in [-0.2, -0.15) is 0 Å². The first kappa shape index (κ1) is 19.1. The molecule has 0 radical (unpaired) electrons. The van der Waals surface area contributed by atoms with E-state index < -0.39 is 11.5 Å². The highest BCUT2D eigenvalue weighted by Gasteiger charge is 2.44. The van der Waals surface area contributed by atoms with Gasteiger partial charge in [-0.15, -0.1) is 0 Å². The van der Waals surface area contributed by atoms with Crippen LogP contribution in [-0.2, 0) is 19.0 Å². The molecule has 7 nitrogen and oxygen atoms in total. The Morgan fingerprint density at radius 2 is 1.64 bits per heavy atom. The van der Waals surface area contributed by atoms with Crippen LogP contribution in [0.25, 0.3) is 0 Å². The number of fused-ring (bicyclic) bond motifs is 1. The van der Waals surface area contributed by atoms with Crippen LogP contribution in [0.3, 0.4) is 0 Å². The van der Waals surface area contributed by atoms with Gasteiger partial charge in [-0.1, -0.05) is 12.1 Å². The first-order valence-corrected chi connectivity index (χ1v) is 8.17. The predicted molar refractivity (Wildman–Crippen MR) is 89.3 cm³/mol. The van der Waals surface area contributed by atoms with Crippen LogP contribution >= 0.6 is 0 Å². The van der Waals surface area contributed by atoms with E-state index >= 15 is 0 Å². The minimum Gasteiger partial charge on any atom is -0.462 e. The number of hydrogen-bond donors (Lipinski definition) is 0. The van der Waals surface area contributed by atoms with Crippen LogP contribution in [0.15, 0.2) is 24.3 Å². The number of imide groups is 1. The third-order valence-corrected chi connectivity index (χ3v) is 3.77. The van der Waals surface area contributed by atoms with Gasteiger partial charge in [0.05, 0.1) is 29.9 Å². The fourth-order valence-corrected chi connectivity index (χ4v) is 2.59. The van der Waals surface area contributed by atoms with Crippen molar-refractivity contribution in [3.63, 3.8) is 0 Å². The molecule has 25 heavy (non-hydrogen) atoms. The first-order valence-electron chi connectivity index (χ1n) is 8.17. The Morgan fingerprint density at radius 3 is 2.20 bits per heavy atom. The molecule has 0 aromatic heterocycles. The third-order valence-electron chi connectivity index (χ3n) is 3.77. The summed E-state index contributed by atoms with van der Waals surface area (Å²) in [6, 6.07) is 6.69. The first-order chi connectivity index (χ1) is 11.9. The average Bonchev–Trinajstić information content (AvgIpc) is 2.84. The summed E-state index contributed by atoms with van der Waals surface area (Å²) in [6.07, 6.45) is 0. The molecule has 7 heteroatoms. The largest absolute Gasteiger partial charge is 0.462 e. The van der Waals surface area contributed by atoms with Crippen LogP contribution in [0.1, 0.15) is 41.5 Å². The molecule has 0 atom stereocenters. The van der Waals surface area contributed by atoms with E-state index in [1.807, 2.05) is 6.92 Å². The summed E-state index contributed by atoms with van der Waals surface area (Å²) < 4.78 is 15.4. The zero-order valence-corrected chi connectivity index (χ0v) is 14.7. The summed E-state index contributed by atoms with van der Waals surface area (Å²) in [5.41, 5.74) is -0.120. The number of carbonyl (C=O) groups is 3. The predicted octanol–water partition coefficient (Wildman–Crippen LogP) is 1.66. The molecule has 2 amide bonds. The maximum absolute atomic E-state index is 12.5. The van der Waals surface area contributed by atoms with Gasteiger partial charge in [0.1, 0.15) is 13.2 Å². The molecule has 136 valence electrons. The summed E-state index contributed by atoms with van der Waals surface area (Å²) in [7, 11) is 0. The highest BCUT2D eigenvalue weighted by atomic mass is 16.6. The molecular formula is C18H23NO6. The lowest BCUT2D eigenvalue weighted by Crippen LogP contribution is -2.50. The summed E-state index contributed by atoms with van der Waals surface area (Å²) >= 11 is 0. The van der Waals surface area contributed by atoms with E-state index in [9.17, 15) is 14.4 Å². The molecule has 0 aliphatic carbocycles. The quantitative estimate of drug-likeness (QED) is 0.383. The smallest absolute Gasteiger partial charge is 0.332 e. The van der Waals surface area contributed by atoms with E-state index in [4.69, 9.17) is 14.2 Å². The van der Waals surface area contributed by atoms with E-state index in [1.54, 1.807) is 38.1 Å². The second-order valence-electron chi connectivity index (χ2n) is 6.21. The number of hydrogen-bond acceptors (Lipinski definition) is 6. The van der Waals surface area contributed by atoms with Crippen molar-refractivity contribution in [1.82, 2.24) is 4.90 Å². The van der Waals surface area contributed by atoms with Crippen LogP contribution in [0, 0.1) is 0 Å². The van der Waals surface area contributed by atoms with Gasteiger partial charge in [-0.05, 0) is 32.9 Å². The lowest BCUT2D eigenvalue weighted by Gasteiger charge is -2.33. The number of ether oxygens (including phenoxy) is 3. The van der Waals surface area contributed by atoms with E-state index in [2.05, 4.69) is 0 Å². The van der Waals surface area contributed by atoms with Crippen LogP contribution < -0.4 is 0 Å². The molecule has 0 saturated carbocycles. The van der Waals surface area contributed by atoms with Gasteiger partial charge in [0.25, 0.3) is 11.8 Å². The number of esters is 1. The molecule has 1 aliphatic heterocycles. The molecule has 0 fully saturated rings. The van der Waals surface area contributed by atoms with Gasteiger partial charge in [-0.3, -0.25) is 14.5 Å². The molecule has 0 unspecified atom stereocenters. The van der Waals surface area contributed by atoms with E-state index in [1.165, 1.54) is 4.90 Å². The molecule has 2 rings (SSSR count). The Hall–Kier alpha value is -2.25. The summed E-state index contributed by atoms with van der Waals surface area (Å²) in [5.74, 6) is -1.22. The van der Waals surface area contributed by atoms with Crippen molar-refractivity contribution in [3.05, 3.63) is 35.4 Å².